The third-order valence-corrected chi connectivity index (χ3v) is 6.55. The second-order valence-electron chi connectivity index (χ2n) is 7.93. The number of fused-ring (bicyclic) bond motifs is 5. The number of benzene rings is 1. The molecule has 7 heteroatoms. The van der Waals surface area contributed by atoms with E-state index in [9.17, 15) is 14.7 Å². The first-order valence-electron chi connectivity index (χ1n) is 9.67. The average Bonchev–Trinajstić information content (AvgIpc) is 3.38. The van der Waals surface area contributed by atoms with Gasteiger partial charge in [0.1, 0.15) is 11.3 Å². The van der Waals surface area contributed by atoms with Crippen LogP contribution in [0.5, 0.6) is 5.75 Å². The Morgan fingerprint density at radius 3 is 2.83 bits per heavy atom. The van der Waals surface area contributed by atoms with E-state index in [1.54, 1.807) is 0 Å². The number of aromatic nitrogens is 2. The molecule has 0 saturated heterocycles. The molecule has 0 radical (unpaired) electrons. The summed E-state index contributed by atoms with van der Waals surface area (Å²) in [5.74, 6) is 0.0140. The molecule has 29 heavy (non-hydrogen) atoms. The normalized spacial score (nSPS) is 16.9. The van der Waals surface area contributed by atoms with Crippen LogP contribution in [0.2, 0.25) is 0 Å². The summed E-state index contributed by atoms with van der Waals surface area (Å²) in [6.45, 7) is 4.90. The fraction of sp³-hybridized carbons (Fsp3) is 0.318. The number of aromatic carboxylic acids is 1. The number of hydrogen-bond acceptors (Lipinski definition) is 5. The number of hydrogen-bond donors (Lipinski definition) is 1. The van der Waals surface area contributed by atoms with Crippen LogP contribution in [0, 0.1) is 5.92 Å². The Kier molecular flexibility index (Phi) is 4.10. The van der Waals surface area contributed by atoms with Gasteiger partial charge in [-0.2, -0.15) is 0 Å². The summed E-state index contributed by atoms with van der Waals surface area (Å²) in [5.41, 5.74) is 5.51. The molecule has 5 rings (SSSR count). The van der Waals surface area contributed by atoms with Gasteiger partial charge in [0.15, 0.2) is 5.43 Å². The lowest BCUT2D eigenvalue weighted by Gasteiger charge is -2.34. The summed E-state index contributed by atoms with van der Waals surface area (Å²) >= 11 is 1.39. The van der Waals surface area contributed by atoms with E-state index in [-0.39, 0.29) is 17.5 Å². The van der Waals surface area contributed by atoms with E-state index >= 15 is 0 Å². The van der Waals surface area contributed by atoms with Gasteiger partial charge >= 0.3 is 5.97 Å². The number of pyridine rings is 1. The number of nitrogens with zero attached hydrogens (tertiary/aromatic N) is 2. The van der Waals surface area contributed by atoms with Crippen molar-refractivity contribution in [2.24, 2.45) is 5.92 Å². The molecule has 1 atom stereocenters. The van der Waals surface area contributed by atoms with Gasteiger partial charge in [0, 0.05) is 58.6 Å². The molecule has 2 aromatic heterocycles. The van der Waals surface area contributed by atoms with E-state index in [2.05, 4.69) is 24.3 Å². The maximum atomic E-state index is 12.5. The number of carboxylic acids is 1. The molecule has 1 N–H and O–H groups in total. The highest BCUT2D eigenvalue weighted by atomic mass is 32.1. The lowest BCUT2D eigenvalue weighted by molar-refractivity contribution is 0.0694. The number of ether oxygens (including phenoxy) is 1. The van der Waals surface area contributed by atoms with Gasteiger partial charge in [-0.1, -0.05) is 13.8 Å². The van der Waals surface area contributed by atoms with Crippen molar-refractivity contribution in [3.63, 3.8) is 0 Å². The highest BCUT2D eigenvalue weighted by Gasteiger charge is 2.33. The van der Waals surface area contributed by atoms with Gasteiger partial charge in [-0.15, -0.1) is 0 Å². The minimum absolute atomic E-state index is 0.0783. The molecule has 1 aromatic carbocycles. The van der Waals surface area contributed by atoms with Crippen LogP contribution < -0.4 is 10.2 Å². The molecule has 0 amide bonds. The van der Waals surface area contributed by atoms with Crippen molar-refractivity contribution < 1.29 is 14.6 Å². The first-order chi connectivity index (χ1) is 14.0. The molecular weight excluding hydrogens is 388 g/mol. The summed E-state index contributed by atoms with van der Waals surface area (Å²) in [4.78, 5) is 24.1. The van der Waals surface area contributed by atoms with Crippen LogP contribution >= 0.6 is 11.5 Å². The number of carboxylic acid groups (broad SMARTS) is 1. The molecule has 0 fully saturated rings. The lowest BCUT2D eigenvalue weighted by atomic mass is 9.82. The van der Waals surface area contributed by atoms with Crippen molar-refractivity contribution in [2.75, 3.05) is 6.61 Å². The van der Waals surface area contributed by atoms with Crippen molar-refractivity contribution in [1.29, 1.82) is 0 Å². The molecule has 6 nitrogen and oxygen atoms in total. The molecule has 0 spiro atoms. The Morgan fingerprint density at radius 2 is 2.14 bits per heavy atom. The molecular formula is C22H20N2O4S. The molecule has 2 aliphatic heterocycles. The predicted molar refractivity (Wildman–Crippen MR) is 111 cm³/mol. The largest absolute Gasteiger partial charge is 0.492 e. The maximum absolute atomic E-state index is 12.5. The number of carbonyl (C=O) groups is 1. The van der Waals surface area contributed by atoms with E-state index in [4.69, 9.17) is 4.74 Å². The molecule has 4 heterocycles. The van der Waals surface area contributed by atoms with Crippen LogP contribution in [-0.2, 0) is 12.8 Å². The average molecular weight is 408 g/mol. The van der Waals surface area contributed by atoms with Gasteiger partial charge in [0.05, 0.1) is 12.3 Å². The lowest BCUT2D eigenvalue weighted by Crippen LogP contribution is -2.28. The monoisotopic (exact) mass is 408 g/mol. The standard InChI is InChI=1S/C22H20N2O4S/c1-11(2)18-6-15-13-3-4-28-21(13)14(12-8-23-29-10-12)5-16(15)19-7-20(25)17(22(26)27)9-24(18)19/h5,7-11,18H,3-4,6H2,1-2H3,(H,26,27). The van der Waals surface area contributed by atoms with Crippen molar-refractivity contribution in [3.8, 4) is 28.1 Å². The van der Waals surface area contributed by atoms with Gasteiger partial charge in [-0.3, -0.25) is 4.79 Å². The first-order valence-corrected chi connectivity index (χ1v) is 10.5. The fourth-order valence-electron chi connectivity index (χ4n) is 4.52. The molecule has 148 valence electrons. The van der Waals surface area contributed by atoms with Gasteiger partial charge in [-0.05, 0) is 35.5 Å². The van der Waals surface area contributed by atoms with Gasteiger partial charge in [0.25, 0.3) is 0 Å². The molecule has 0 saturated carbocycles. The summed E-state index contributed by atoms with van der Waals surface area (Å²) in [6, 6.07) is 3.63. The van der Waals surface area contributed by atoms with E-state index in [0.29, 0.717) is 6.61 Å². The minimum atomic E-state index is -1.19. The van der Waals surface area contributed by atoms with E-state index in [1.165, 1.54) is 34.9 Å². The van der Waals surface area contributed by atoms with Crippen molar-refractivity contribution in [3.05, 3.63) is 56.8 Å². The zero-order valence-electron chi connectivity index (χ0n) is 16.1. The van der Waals surface area contributed by atoms with Crippen LogP contribution in [0.1, 0.15) is 41.4 Å². The van der Waals surface area contributed by atoms with Crippen LogP contribution in [0.25, 0.3) is 22.4 Å². The van der Waals surface area contributed by atoms with E-state index in [1.807, 2.05) is 16.1 Å². The quantitative estimate of drug-likeness (QED) is 0.708. The van der Waals surface area contributed by atoms with Crippen LogP contribution in [0.3, 0.4) is 0 Å². The Balaban J connectivity index is 1.83. The molecule has 0 aliphatic carbocycles. The van der Waals surface area contributed by atoms with Gasteiger partial charge in [0.2, 0.25) is 0 Å². The van der Waals surface area contributed by atoms with Gasteiger partial charge in [-0.25, -0.2) is 9.17 Å². The van der Waals surface area contributed by atoms with Crippen molar-refractivity contribution in [1.82, 2.24) is 8.94 Å². The summed E-state index contributed by atoms with van der Waals surface area (Å²) in [6.07, 6.45) is 4.97. The second kappa shape index (κ2) is 6.56. The highest BCUT2D eigenvalue weighted by molar-refractivity contribution is 7.03. The smallest absolute Gasteiger partial charge is 0.341 e. The third kappa shape index (κ3) is 2.72. The van der Waals surface area contributed by atoms with Crippen molar-refractivity contribution in [2.45, 2.75) is 32.7 Å². The Bertz CT molecular complexity index is 1190. The van der Waals surface area contributed by atoms with Crippen molar-refractivity contribution >= 4 is 17.5 Å². The van der Waals surface area contributed by atoms with Crippen LogP contribution in [-0.4, -0.2) is 26.6 Å². The van der Waals surface area contributed by atoms with Gasteiger partial charge < -0.3 is 14.4 Å². The van der Waals surface area contributed by atoms with E-state index < -0.39 is 11.4 Å². The molecule has 1 unspecified atom stereocenters. The SMILES string of the molecule is CC(C)C1Cc2c(cc(-c3cnsc3)c3c2CCO3)-c2cc(=O)c(C(=O)O)cn21. The third-order valence-electron chi connectivity index (χ3n) is 5.96. The minimum Gasteiger partial charge on any atom is -0.492 e. The summed E-state index contributed by atoms with van der Waals surface area (Å²) in [7, 11) is 0. The predicted octanol–water partition coefficient (Wildman–Crippen LogP) is 4.03. The Morgan fingerprint density at radius 1 is 1.31 bits per heavy atom. The zero-order chi connectivity index (χ0) is 20.3. The topological polar surface area (TPSA) is 81.4 Å². The maximum Gasteiger partial charge on any atom is 0.341 e. The molecule has 2 aliphatic rings. The fourth-order valence-corrected chi connectivity index (χ4v) is 5.06. The second-order valence-corrected chi connectivity index (χ2v) is 8.59. The Hall–Kier alpha value is -2.93. The summed E-state index contributed by atoms with van der Waals surface area (Å²) < 4.78 is 12.2. The Labute approximate surface area is 171 Å². The van der Waals surface area contributed by atoms with Crippen LogP contribution in [0.4, 0.5) is 0 Å². The first kappa shape index (κ1) is 18.1. The highest BCUT2D eigenvalue weighted by Crippen LogP contribution is 2.47. The number of rotatable bonds is 3. The van der Waals surface area contributed by atoms with E-state index in [0.717, 1.165) is 41.0 Å². The zero-order valence-corrected chi connectivity index (χ0v) is 17.0. The molecule has 3 aromatic rings. The van der Waals surface area contributed by atoms with Crippen LogP contribution in [0.15, 0.2) is 34.7 Å². The summed E-state index contributed by atoms with van der Waals surface area (Å²) in [5, 5.41) is 11.4. The molecule has 0 bridgehead atoms.